The molecule has 3 aliphatic rings. The normalized spacial score (nSPS) is 31.6. The van der Waals surface area contributed by atoms with E-state index in [0.29, 0.717) is 45.3 Å². The van der Waals surface area contributed by atoms with Crippen molar-refractivity contribution in [2.45, 2.75) is 76.2 Å². The number of hydrogen-bond acceptors (Lipinski definition) is 5. The second kappa shape index (κ2) is 10.0. The molecule has 8 nitrogen and oxygen atoms in total. The molecule has 2 bridgehead atoms. The molecule has 5 atom stereocenters. The second-order valence-corrected chi connectivity index (χ2v) is 10.0. The predicted molar refractivity (Wildman–Crippen MR) is 126 cm³/mol. The number of fused-ring (bicyclic) bond motifs is 1. The summed E-state index contributed by atoms with van der Waals surface area (Å²) in [5, 5.41) is 15.1. The first-order valence-corrected chi connectivity index (χ1v) is 12.6. The molecule has 3 saturated heterocycles. The summed E-state index contributed by atoms with van der Waals surface area (Å²) in [5.74, 6) is -1.82. The van der Waals surface area contributed by atoms with Crippen LogP contribution in [0.4, 0.5) is 0 Å². The van der Waals surface area contributed by atoms with Crippen molar-refractivity contribution >= 4 is 17.7 Å². The lowest BCUT2D eigenvalue weighted by molar-refractivity contribution is -0.146. The SMILES string of the molecule is CCCNC(=O)[C@@H]1[C@H]2C(=O)N(CCCCCO)C(C(=O)NCc3ccccc3)C23CC[C@@]1(C)O3. The van der Waals surface area contributed by atoms with Gasteiger partial charge < -0.3 is 25.4 Å². The first-order chi connectivity index (χ1) is 16.4. The van der Waals surface area contributed by atoms with E-state index in [2.05, 4.69) is 10.6 Å². The molecule has 3 aliphatic heterocycles. The fourth-order valence-electron chi connectivity index (χ4n) is 6.18. The number of likely N-dealkylation sites (tertiary alicyclic amines) is 1. The number of amides is 3. The molecule has 0 aromatic heterocycles. The van der Waals surface area contributed by atoms with Crippen LogP contribution in [-0.4, -0.2) is 64.7 Å². The molecule has 0 radical (unpaired) electrons. The third-order valence-corrected chi connectivity index (χ3v) is 7.72. The maximum atomic E-state index is 13.8. The molecule has 34 heavy (non-hydrogen) atoms. The maximum Gasteiger partial charge on any atom is 0.246 e. The van der Waals surface area contributed by atoms with Crippen LogP contribution in [-0.2, 0) is 25.7 Å². The summed E-state index contributed by atoms with van der Waals surface area (Å²) < 4.78 is 6.57. The van der Waals surface area contributed by atoms with Gasteiger partial charge in [-0.05, 0) is 51.0 Å². The highest BCUT2D eigenvalue weighted by Gasteiger charge is 2.77. The molecule has 3 heterocycles. The van der Waals surface area contributed by atoms with E-state index < -0.39 is 29.1 Å². The molecule has 0 saturated carbocycles. The van der Waals surface area contributed by atoms with Crippen molar-refractivity contribution in [1.29, 1.82) is 0 Å². The van der Waals surface area contributed by atoms with Gasteiger partial charge in [0.25, 0.3) is 0 Å². The highest BCUT2D eigenvalue weighted by molar-refractivity contribution is 5.99. The van der Waals surface area contributed by atoms with Gasteiger partial charge in [-0.1, -0.05) is 37.3 Å². The minimum absolute atomic E-state index is 0.0998. The van der Waals surface area contributed by atoms with Gasteiger partial charge >= 0.3 is 0 Å². The minimum Gasteiger partial charge on any atom is -0.396 e. The van der Waals surface area contributed by atoms with Crippen molar-refractivity contribution in [1.82, 2.24) is 15.5 Å². The molecule has 2 unspecified atom stereocenters. The van der Waals surface area contributed by atoms with Crippen LogP contribution in [0.25, 0.3) is 0 Å². The van der Waals surface area contributed by atoms with Crippen LogP contribution in [0.1, 0.15) is 57.9 Å². The number of nitrogens with zero attached hydrogens (tertiary/aromatic N) is 1. The minimum atomic E-state index is -0.988. The number of carbonyl (C=O) groups excluding carboxylic acids is 3. The van der Waals surface area contributed by atoms with Gasteiger partial charge in [-0.25, -0.2) is 0 Å². The van der Waals surface area contributed by atoms with Crippen molar-refractivity contribution in [3.05, 3.63) is 35.9 Å². The van der Waals surface area contributed by atoms with Gasteiger partial charge in [-0.15, -0.1) is 0 Å². The van der Waals surface area contributed by atoms with Crippen LogP contribution in [0.5, 0.6) is 0 Å². The lowest BCUT2D eigenvalue weighted by atomic mass is 9.66. The van der Waals surface area contributed by atoms with Crippen LogP contribution in [0.2, 0.25) is 0 Å². The zero-order valence-electron chi connectivity index (χ0n) is 20.2. The summed E-state index contributed by atoms with van der Waals surface area (Å²) in [5.41, 5.74) is -0.763. The van der Waals surface area contributed by atoms with E-state index in [4.69, 9.17) is 9.84 Å². The van der Waals surface area contributed by atoms with Gasteiger partial charge in [0.1, 0.15) is 11.6 Å². The number of rotatable bonds is 11. The van der Waals surface area contributed by atoms with Gasteiger partial charge in [0.05, 0.1) is 17.4 Å². The van der Waals surface area contributed by atoms with Crippen molar-refractivity contribution in [2.75, 3.05) is 19.7 Å². The Kier molecular flexibility index (Phi) is 7.28. The Morgan fingerprint density at radius 2 is 1.88 bits per heavy atom. The number of unbranched alkanes of at least 4 members (excludes halogenated alkanes) is 2. The number of benzene rings is 1. The lowest BCUT2D eigenvalue weighted by Crippen LogP contribution is -2.55. The van der Waals surface area contributed by atoms with Crippen LogP contribution in [0.3, 0.4) is 0 Å². The average molecular weight is 472 g/mol. The highest BCUT2D eigenvalue weighted by atomic mass is 16.5. The quantitative estimate of drug-likeness (QED) is 0.426. The molecule has 3 amide bonds. The summed E-state index contributed by atoms with van der Waals surface area (Å²) in [4.78, 5) is 42.2. The Labute approximate surface area is 201 Å². The van der Waals surface area contributed by atoms with Gasteiger partial charge in [0.2, 0.25) is 17.7 Å². The summed E-state index contributed by atoms with van der Waals surface area (Å²) in [6.07, 6.45) is 4.12. The summed E-state index contributed by atoms with van der Waals surface area (Å²) in [7, 11) is 0. The molecule has 4 rings (SSSR count). The standard InChI is InChI=1S/C26H37N3O5/c1-3-14-27-22(31)19-20-24(33)29(15-8-5-9-16-30)21(26(20)13-12-25(19,2)34-26)23(32)28-17-18-10-6-4-7-11-18/h4,6-7,10-11,19-21,30H,3,5,8-9,12-17H2,1-2H3,(H,27,31)(H,28,32)/t19-,20-,21?,25+,26?/m0/s1. The molecular formula is C26H37N3O5. The van der Waals surface area contributed by atoms with Crippen molar-refractivity contribution in [3.8, 4) is 0 Å². The van der Waals surface area contributed by atoms with Crippen molar-refractivity contribution < 1.29 is 24.2 Å². The Morgan fingerprint density at radius 1 is 1.12 bits per heavy atom. The maximum absolute atomic E-state index is 13.8. The zero-order chi connectivity index (χ0) is 24.3. The van der Waals surface area contributed by atoms with Crippen molar-refractivity contribution in [2.24, 2.45) is 11.8 Å². The molecule has 0 aliphatic carbocycles. The van der Waals surface area contributed by atoms with Gasteiger partial charge in [0, 0.05) is 26.2 Å². The van der Waals surface area contributed by atoms with E-state index in [1.54, 1.807) is 4.90 Å². The van der Waals surface area contributed by atoms with Crippen LogP contribution in [0.15, 0.2) is 30.3 Å². The van der Waals surface area contributed by atoms with E-state index >= 15 is 0 Å². The van der Waals surface area contributed by atoms with E-state index in [1.165, 1.54) is 0 Å². The molecule has 1 spiro atoms. The third kappa shape index (κ3) is 4.22. The number of ether oxygens (including phenoxy) is 1. The monoisotopic (exact) mass is 471 g/mol. The van der Waals surface area contributed by atoms with E-state index in [9.17, 15) is 14.4 Å². The Morgan fingerprint density at radius 3 is 2.59 bits per heavy atom. The Balaban J connectivity index is 1.61. The highest BCUT2D eigenvalue weighted by Crippen LogP contribution is 2.63. The third-order valence-electron chi connectivity index (χ3n) is 7.72. The number of carbonyl (C=O) groups is 3. The second-order valence-electron chi connectivity index (χ2n) is 10.0. The lowest BCUT2D eigenvalue weighted by Gasteiger charge is -2.33. The van der Waals surface area contributed by atoms with Crippen LogP contribution < -0.4 is 10.6 Å². The first kappa shape index (κ1) is 24.7. The molecule has 3 fully saturated rings. The fraction of sp³-hybridized carbons (Fsp3) is 0.654. The topological polar surface area (TPSA) is 108 Å². The molecule has 1 aromatic rings. The van der Waals surface area contributed by atoms with Crippen LogP contribution >= 0.6 is 0 Å². The number of aliphatic hydroxyl groups excluding tert-OH is 1. The van der Waals surface area contributed by atoms with Crippen LogP contribution in [0, 0.1) is 11.8 Å². The molecule has 1 aromatic carbocycles. The zero-order valence-corrected chi connectivity index (χ0v) is 20.2. The Bertz CT molecular complexity index is 909. The molecule has 3 N–H and O–H groups in total. The van der Waals surface area contributed by atoms with Gasteiger partial charge in [-0.3, -0.25) is 14.4 Å². The summed E-state index contributed by atoms with van der Waals surface area (Å²) in [6.45, 7) is 5.32. The van der Waals surface area contributed by atoms with Crippen molar-refractivity contribution in [3.63, 3.8) is 0 Å². The number of hydrogen-bond donors (Lipinski definition) is 3. The molecular weight excluding hydrogens is 434 g/mol. The predicted octanol–water partition coefficient (Wildman–Crippen LogP) is 1.76. The average Bonchev–Trinajstić information content (AvgIpc) is 3.40. The summed E-state index contributed by atoms with van der Waals surface area (Å²) >= 11 is 0. The number of aliphatic hydroxyl groups is 1. The molecule has 8 heteroatoms. The van der Waals surface area contributed by atoms with E-state index in [1.807, 2.05) is 44.2 Å². The smallest absolute Gasteiger partial charge is 0.246 e. The fourth-order valence-corrected chi connectivity index (χ4v) is 6.18. The van der Waals surface area contributed by atoms with Gasteiger partial charge in [0.15, 0.2) is 0 Å². The first-order valence-electron chi connectivity index (χ1n) is 12.6. The van der Waals surface area contributed by atoms with E-state index in [0.717, 1.165) is 18.4 Å². The number of nitrogens with one attached hydrogen (secondary N) is 2. The Hall–Kier alpha value is -2.45. The summed E-state index contributed by atoms with van der Waals surface area (Å²) in [6, 6.07) is 8.89. The van der Waals surface area contributed by atoms with Gasteiger partial charge in [-0.2, -0.15) is 0 Å². The molecule has 186 valence electrons. The van der Waals surface area contributed by atoms with E-state index in [-0.39, 0.29) is 24.3 Å². The largest absolute Gasteiger partial charge is 0.396 e.